The van der Waals surface area contributed by atoms with Crippen molar-refractivity contribution in [1.29, 1.82) is 0 Å². The van der Waals surface area contributed by atoms with Crippen molar-refractivity contribution in [2.24, 2.45) is 0 Å². The Morgan fingerprint density at radius 2 is 2.05 bits per heavy atom. The van der Waals surface area contributed by atoms with Crippen LogP contribution in [-0.4, -0.2) is 43.4 Å². The van der Waals surface area contributed by atoms with E-state index in [2.05, 4.69) is 15.9 Å². The third-order valence-corrected chi connectivity index (χ3v) is 6.40. The molecule has 1 aliphatic rings. The van der Waals surface area contributed by atoms with Crippen LogP contribution in [-0.2, 0) is 14.8 Å². The summed E-state index contributed by atoms with van der Waals surface area (Å²) in [5.74, 6) is 0. The Balaban J connectivity index is 2.35. The van der Waals surface area contributed by atoms with Crippen molar-refractivity contribution in [1.82, 2.24) is 4.31 Å². The minimum Gasteiger partial charge on any atom is -0.374 e. The summed E-state index contributed by atoms with van der Waals surface area (Å²) >= 11 is 3.36. The molecule has 2 atom stereocenters. The summed E-state index contributed by atoms with van der Waals surface area (Å²) in [6.07, 6.45) is -0.0903. The summed E-state index contributed by atoms with van der Waals surface area (Å²) in [6.45, 7) is 6.60. The zero-order valence-corrected chi connectivity index (χ0v) is 14.4. The van der Waals surface area contributed by atoms with E-state index >= 15 is 0 Å². The van der Waals surface area contributed by atoms with E-state index in [1.54, 1.807) is 16.4 Å². The lowest BCUT2D eigenvalue weighted by Gasteiger charge is -2.36. The fourth-order valence-electron chi connectivity index (χ4n) is 2.23. The summed E-state index contributed by atoms with van der Waals surface area (Å²) in [7, 11) is -3.46. The van der Waals surface area contributed by atoms with Crippen LogP contribution >= 0.6 is 15.9 Å². The number of sulfonamides is 1. The first kappa shape index (κ1) is 15.9. The van der Waals surface area contributed by atoms with Crippen LogP contribution in [0.15, 0.2) is 23.1 Å². The highest BCUT2D eigenvalue weighted by atomic mass is 79.9. The first-order valence-corrected chi connectivity index (χ1v) is 9.19. The number of morpholine rings is 1. The number of aryl methyl sites for hydroxylation is 2. The number of hydrogen-bond donors (Lipinski definition) is 0. The van der Waals surface area contributed by atoms with E-state index in [-0.39, 0.29) is 12.1 Å². The SMILES string of the molecule is Cc1ccc(S(=O)(=O)N2CC(CBr)OCC2C)cc1C. The maximum atomic E-state index is 12.8. The normalized spacial score (nSPS) is 24.8. The van der Waals surface area contributed by atoms with Crippen molar-refractivity contribution < 1.29 is 13.2 Å². The van der Waals surface area contributed by atoms with Gasteiger partial charge in [-0.3, -0.25) is 0 Å². The molecule has 6 heteroatoms. The van der Waals surface area contributed by atoms with Crippen LogP contribution in [0.2, 0.25) is 0 Å². The van der Waals surface area contributed by atoms with Gasteiger partial charge in [0.05, 0.1) is 17.6 Å². The highest BCUT2D eigenvalue weighted by Gasteiger charge is 2.35. The molecule has 20 heavy (non-hydrogen) atoms. The molecule has 0 spiro atoms. The van der Waals surface area contributed by atoms with Gasteiger partial charge < -0.3 is 4.74 Å². The summed E-state index contributed by atoms with van der Waals surface area (Å²) in [5.41, 5.74) is 2.08. The van der Waals surface area contributed by atoms with Crippen molar-refractivity contribution in [3.05, 3.63) is 29.3 Å². The third kappa shape index (κ3) is 3.08. The number of hydrogen-bond acceptors (Lipinski definition) is 3. The molecule has 2 unspecified atom stereocenters. The van der Waals surface area contributed by atoms with Gasteiger partial charge in [0.1, 0.15) is 0 Å². The molecule has 0 saturated carbocycles. The third-order valence-electron chi connectivity index (χ3n) is 3.71. The molecule has 2 rings (SSSR count). The Hall–Kier alpha value is -0.430. The van der Waals surface area contributed by atoms with Gasteiger partial charge in [0.15, 0.2) is 0 Å². The number of benzene rings is 1. The summed E-state index contributed by atoms with van der Waals surface area (Å²) < 4.78 is 32.7. The van der Waals surface area contributed by atoms with Crippen LogP contribution in [0.25, 0.3) is 0 Å². The molecule has 1 saturated heterocycles. The van der Waals surface area contributed by atoms with E-state index in [9.17, 15) is 8.42 Å². The van der Waals surface area contributed by atoms with Crippen LogP contribution in [0.3, 0.4) is 0 Å². The fourth-order valence-corrected chi connectivity index (χ4v) is 4.36. The average Bonchev–Trinajstić information content (AvgIpc) is 2.42. The van der Waals surface area contributed by atoms with Crippen LogP contribution in [0, 0.1) is 13.8 Å². The maximum Gasteiger partial charge on any atom is 0.243 e. The first-order chi connectivity index (χ1) is 9.36. The van der Waals surface area contributed by atoms with E-state index in [1.165, 1.54) is 0 Å². The molecule has 1 aromatic carbocycles. The van der Waals surface area contributed by atoms with Crippen LogP contribution in [0.5, 0.6) is 0 Å². The second-order valence-electron chi connectivity index (χ2n) is 5.28. The van der Waals surface area contributed by atoms with E-state index in [1.807, 2.05) is 26.8 Å². The van der Waals surface area contributed by atoms with Crippen LogP contribution in [0.4, 0.5) is 0 Å². The molecule has 0 bridgehead atoms. The van der Waals surface area contributed by atoms with Crippen LogP contribution < -0.4 is 0 Å². The van der Waals surface area contributed by atoms with Gasteiger partial charge in [-0.1, -0.05) is 22.0 Å². The molecule has 0 N–H and O–H groups in total. The molecule has 0 amide bonds. The van der Waals surface area contributed by atoms with Gasteiger partial charge in [0.2, 0.25) is 10.0 Å². The Kier molecular flexibility index (Phi) is 4.89. The fraction of sp³-hybridized carbons (Fsp3) is 0.571. The highest BCUT2D eigenvalue weighted by molar-refractivity contribution is 9.09. The lowest BCUT2D eigenvalue weighted by molar-refractivity contribution is -0.0139. The molecule has 1 heterocycles. The Bertz CT molecular complexity index is 588. The number of rotatable bonds is 3. The summed E-state index contributed by atoms with van der Waals surface area (Å²) in [5, 5.41) is 0.638. The predicted octanol–water partition coefficient (Wildman–Crippen LogP) is 2.48. The molecule has 1 aliphatic heterocycles. The Morgan fingerprint density at radius 3 is 2.65 bits per heavy atom. The molecule has 1 fully saturated rings. The Morgan fingerprint density at radius 1 is 1.35 bits per heavy atom. The maximum absolute atomic E-state index is 12.8. The van der Waals surface area contributed by atoms with E-state index in [0.29, 0.717) is 23.4 Å². The standard InChI is InChI=1S/C14H20BrNO3S/c1-10-4-5-14(6-11(10)2)20(17,18)16-8-13(7-15)19-9-12(16)3/h4-6,12-13H,7-9H2,1-3H3. The van der Waals surface area contributed by atoms with E-state index in [4.69, 9.17) is 4.74 Å². The summed E-state index contributed by atoms with van der Waals surface area (Å²) in [4.78, 5) is 0.364. The van der Waals surface area contributed by atoms with Gasteiger partial charge in [-0.05, 0) is 44.0 Å². The predicted molar refractivity (Wildman–Crippen MR) is 82.8 cm³/mol. The average molecular weight is 362 g/mol. The molecule has 0 aliphatic carbocycles. The first-order valence-electron chi connectivity index (χ1n) is 6.63. The Labute approximate surface area is 129 Å². The molecule has 0 radical (unpaired) electrons. The zero-order valence-electron chi connectivity index (χ0n) is 12.0. The highest BCUT2D eigenvalue weighted by Crippen LogP contribution is 2.24. The molecule has 0 aromatic heterocycles. The molecule has 1 aromatic rings. The van der Waals surface area contributed by atoms with Gasteiger partial charge in [-0.15, -0.1) is 0 Å². The molecule has 4 nitrogen and oxygen atoms in total. The van der Waals surface area contributed by atoms with Crippen LogP contribution in [0.1, 0.15) is 18.1 Å². The lowest BCUT2D eigenvalue weighted by atomic mass is 10.1. The quantitative estimate of drug-likeness (QED) is 0.777. The lowest BCUT2D eigenvalue weighted by Crippen LogP contribution is -2.51. The van der Waals surface area contributed by atoms with Gasteiger partial charge in [0.25, 0.3) is 0 Å². The zero-order chi connectivity index (χ0) is 14.9. The second kappa shape index (κ2) is 6.13. The van der Waals surface area contributed by atoms with Gasteiger partial charge in [-0.25, -0.2) is 8.42 Å². The van der Waals surface area contributed by atoms with Crippen molar-refractivity contribution in [3.8, 4) is 0 Å². The molecular formula is C14H20BrNO3S. The van der Waals surface area contributed by atoms with Crippen molar-refractivity contribution in [3.63, 3.8) is 0 Å². The number of ether oxygens (including phenoxy) is 1. The number of nitrogens with zero attached hydrogens (tertiary/aromatic N) is 1. The molecule has 112 valence electrons. The topological polar surface area (TPSA) is 46.6 Å². The smallest absolute Gasteiger partial charge is 0.243 e. The number of alkyl halides is 1. The van der Waals surface area contributed by atoms with Crippen molar-refractivity contribution in [2.45, 2.75) is 37.8 Å². The van der Waals surface area contributed by atoms with Gasteiger partial charge in [0, 0.05) is 17.9 Å². The number of halogens is 1. The monoisotopic (exact) mass is 361 g/mol. The van der Waals surface area contributed by atoms with Gasteiger partial charge in [-0.2, -0.15) is 4.31 Å². The minimum absolute atomic E-state index is 0.0903. The van der Waals surface area contributed by atoms with E-state index < -0.39 is 10.0 Å². The van der Waals surface area contributed by atoms with Crippen molar-refractivity contribution >= 4 is 26.0 Å². The largest absolute Gasteiger partial charge is 0.374 e. The molecular weight excluding hydrogens is 342 g/mol. The van der Waals surface area contributed by atoms with Gasteiger partial charge >= 0.3 is 0 Å². The second-order valence-corrected chi connectivity index (χ2v) is 7.82. The van der Waals surface area contributed by atoms with E-state index in [0.717, 1.165) is 11.1 Å². The van der Waals surface area contributed by atoms with Crippen molar-refractivity contribution in [2.75, 3.05) is 18.5 Å². The summed E-state index contributed by atoms with van der Waals surface area (Å²) in [6, 6.07) is 5.14. The minimum atomic E-state index is -3.46.